The first-order valence-corrected chi connectivity index (χ1v) is 9.79. The molecule has 0 aliphatic heterocycles. The van der Waals surface area contributed by atoms with Crippen LogP contribution in [0.25, 0.3) is 0 Å². The second-order valence-electron chi connectivity index (χ2n) is 6.43. The first-order chi connectivity index (χ1) is 14.7. The molecule has 0 saturated carbocycles. The molecule has 3 aromatic rings. The number of aryl methyl sites for hydroxylation is 1. The maximum atomic E-state index is 14.1. The Hall–Kier alpha value is -3.79. The van der Waals surface area contributed by atoms with Crippen molar-refractivity contribution in [3.63, 3.8) is 0 Å². The molecule has 0 radical (unpaired) electrons. The lowest BCUT2D eigenvalue weighted by molar-refractivity contribution is -0.114. The van der Waals surface area contributed by atoms with Gasteiger partial charge in [0.1, 0.15) is 10.7 Å². The number of nitrogens with one attached hydrogen (secondary N) is 2. The van der Waals surface area contributed by atoms with Crippen LogP contribution in [0.2, 0.25) is 0 Å². The molecule has 0 unspecified atom stereocenters. The summed E-state index contributed by atoms with van der Waals surface area (Å²) < 4.78 is 24.2. The minimum absolute atomic E-state index is 0.118. The fourth-order valence-corrected chi connectivity index (χ4v) is 3.59. The molecule has 0 atom stereocenters. The van der Waals surface area contributed by atoms with Gasteiger partial charge in [0.2, 0.25) is 11.7 Å². The number of esters is 1. The van der Waals surface area contributed by atoms with Gasteiger partial charge in [-0.1, -0.05) is 0 Å². The van der Waals surface area contributed by atoms with Crippen LogP contribution in [-0.2, 0) is 9.53 Å². The number of carbonyl (C=O) groups is 4. The zero-order chi connectivity index (χ0) is 22.5. The van der Waals surface area contributed by atoms with E-state index in [4.69, 9.17) is 9.15 Å². The molecule has 2 aromatic heterocycles. The summed E-state index contributed by atoms with van der Waals surface area (Å²) in [6.45, 7) is 2.26. The lowest BCUT2D eigenvalue weighted by Crippen LogP contribution is -2.15. The summed E-state index contributed by atoms with van der Waals surface area (Å²) in [5.74, 6) is -3.08. The molecule has 8 nitrogen and oxygen atoms in total. The number of Topliss-reactive ketones (excluding diaryl/α,β-unsaturated/α-hetero) is 1. The number of hydrogen-bond donors (Lipinski definition) is 2. The molecule has 2 N–H and O–H groups in total. The van der Waals surface area contributed by atoms with Crippen molar-refractivity contribution >= 4 is 45.6 Å². The van der Waals surface area contributed by atoms with Gasteiger partial charge >= 0.3 is 5.97 Å². The van der Waals surface area contributed by atoms with Crippen LogP contribution in [0.3, 0.4) is 0 Å². The molecule has 0 spiro atoms. The van der Waals surface area contributed by atoms with Gasteiger partial charge in [0.15, 0.2) is 12.4 Å². The van der Waals surface area contributed by atoms with E-state index >= 15 is 0 Å². The molecule has 2 heterocycles. The van der Waals surface area contributed by atoms with Crippen molar-refractivity contribution in [2.45, 2.75) is 13.8 Å². The molecule has 2 amide bonds. The molecule has 31 heavy (non-hydrogen) atoms. The highest BCUT2D eigenvalue weighted by atomic mass is 32.1. The quantitative estimate of drug-likeness (QED) is 0.420. The van der Waals surface area contributed by atoms with Gasteiger partial charge in [-0.05, 0) is 48.9 Å². The monoisotopic (exact) mass is 444 g/mol. The van der Waals surface area contributed by atoms with Crippen molar-refractivity contribution < 1.29 is 32.7 Å². The van der Waals surface area contributed by atoms with E-state index in [1.54, 1.807) is 19.1 Å². The average Bonchev–Trinajstić information content (AvgIpc) is 3.35. The van der Waals surface area contributed by atoms with E-state index in [0.29, 0.717) is 10.6 Å². The van der Waals surface area contributed by atoms with Gasteiger partial charge in [-0.2, -0.15) is 0 Å². The minimum atomic E-state index is -0.845. The second kappa shape index (κ2) is 9.35. The maximum Gasteiger partial charge on any atom is 0.349 e. The molecule has 160 valence electrons. The van der Waals surface area contributed by atoms with E-state index in [0.717, 1.165) is 17.4 Å². The molecule has 0 saturated heterocycles. The lowest BCUT2D eigenvalue weighted by atomic mass is 10.1. The Balaban J connectivity index is 1.62. The van der Waals surface area contributed by atoms with E-state index in [1.807, 2.05) is 0 Å². The van der Waals surface area contributed by atoms with Gasteiger partial charge in [-0.25, -0.2) is 9.18 Å². The van der Waals surface area contributed by atoms with Gasteiger partial charge in [0.25, 0.3) is 5.91 Å². The van der Waals surface area contributed by atoms with Crippen LogP contribution >= 0.6 is 11.3 Å². The Morgan fingerprint density at radius 3 is 2.55 bits per heavy atom. The van der Waals surface area contributed by atoms with Crippen LogP contribution in [0.5, 0.6) is 0 Å². The predicted octanol–water partition coefficient (Wildman–Crippen LogP) is 4.04. The molecular formula is C21H17FN2O6S. The van der Waals surface area contributed by atoms with Crippen molar-refractivity contribution in [3.8, 4) is 0 Å². The third-order valence-electron chi connectivity index (χ3n) is 4.01. The molecule has 0 aliphatic rings. The fraction of sp³-hybridized carbons (Fsp3) is 0.143. The molecule has 10 heteroatoms. The Morgan fingerprint density at radius 1 is 1.13 bits per heavy atom. The van der Waals surface area contributed by atoms with Crippen LogP contribution in [0.4, 0.5) is 15.1 Å². The van der Waals surface area contributed by atoms with E-state index in [2.05, 4.69) is 10.6 Å². The number of thiophene rings is 1. The third-order valence-corrected chi connectivity index (χ3v) is 5.14. The van der Waals surface area contributed by atoms with Crippen LogP contribution < -0.4 is 10.6 Å². The van der Waals surface area contributed by atoms with Crippen molar-refractivity contribution in [2.24, 2.45) is 0 Å². The molecule has 0 bridgehead atoms. The van der Waals surface area contributed by atoms with Crippen molar-refractivity contribution in [1.29, 1.82) is 0 Å². The van der Waals surface area contributed by atoms with Crippen LogP contribution in [0.1, 0.15) is 43.1 Å². The number of hydrogen-bond acceptors (Lipinski definition) is 7. The van der Waals surface area contributed by atoms with Gasteiger partial charge < -0.3 is 19.8 Å². The Bertz CT molecular complexity index is 1150. The smallest absolute Gasteiger partial charge is 0.349 e. The van der Waals surface area contributed by atoms with Gasteiger partial charge in [0, 0.05) is 12.6 Å². The number of benzene rings is 1. The topological polar surface area (TPSA) is 115 Å². The van der Waals surface area contributed by atoms with Gasteiger partial charge in [-0.15, -0.1) is 11.3 Å². The maximum absolute atomic E-state index is 14.1. The summed E-state index contributed by atoms with van der Waals surface area (Å²) in [5.41, 5.74) is 0.483. The van der Waals surface area contributed by atoms with E-state index in [1.165, 1.54) is 31.4 Å². The summed E-state index contributed by atoms with van der Waals surface area (Å²) in [6.07, 6.45) is 1.37. The van der Waals surface area contributed by atoms with E-state index < -0.39 is 30.1 Å². The fourth-order valence-electron chi connectivity index (χ4n) is 2.62. The molecular weight excluding hydrogens is 427 g/mol. The zero-order valence-electron chi connectivity index (χ0n) is 16.5. The zero-order valence-corrected chi connectivity index (χ0v) is 17.3. The normalized spacial score (nSPS) is 10.4. The number of furan rings is 1. The van der Waals surface area contributed by atoms with E-state index in [9.17, 15) is 23.6 Å². The third kappa shape index (κ3) is 5.43. The standard InChI is InChI=1S/C21H17FN2O6S/c1-11-8-18(24-20(27)17-4-3-7-29-17)31-19(11)21(28)30-10-16(26)14-6-5-13(9-15(14)22)23-12(2)25/h3-9H,10H2,1-2H3,(H,23,25)(H,24,27). The Kier molecular flexibility index (Phi) is 6.61. The Morgan fingerprint density at radius 2 is 1.90 bits per heavy atom. The highest BCUT2D eigenvalue weighted by molar-refractivity contribution is 7.18. The first-order valence-electron chi connectivity index (χ1n) is 8.97. The second-order valence-corrected chi connectivity index (χ2v) is 7.48. The SMILES string of the molecule is CC(=O)Nc1ccc(C(=O)COC(=O)c2sc(NC(=O)c3ccco3)cc2C)c(F)c1. The van der Waals surface area contributed by atoms with Crippen LogP contribution in [-0.4, -0.2) is 30.2 Å². The van der Waals surface area contributed by atoms with Crippen LogP contribution in [0.15, 0.2) is 47.1 Å². The number of anilines is 2. The lowest BCUT2D eigenvalue weighted by Gasteiger charge is -2.07. The highest BCUT2D eigenvalue weighted by Gasteiger charge is 2.20. The largest absolute Gasteiger partial charge is 0.459 e. The molecule has 0 aliphatic carbocycles. The summed E-state index contributed by atoms with van der Waals surface area (Å²) in [7, 11) is 0. The molecule has 1 aromatic carbocycles. The number of carbonyl (C=O) groups excluding carboxylic acids is 4. The van der Waals surface area contributed by atoms with Gasteiger partial charge in [0.05, 0.1) is 16.8 Å². The number of ether oxygens (including phenoxy) is 1. The van der Waals surface area contributed by atoms with Crippen LogP contribution in [0, 0.1) is 12.7 Å². The Labute approximate surface area is 180 Å². The minimum Gasteiger partial charge on any atom is -0.459 e. The molecule has 3 rings (SSSR count). The van der Waals surface area contributed by atoms with Gasteiger partial charge in [-0.3, -0.25) is 14.4 Å². The van der Waals surface area contributed by atoms with E-state index in [-0.39, 0.29) is 27.8 Å². The van der Waals surface area contributed by atoms with Crippen molar-refractivity contribution in [1.82, 2.24) is 0 Å². The number of halogens is 1. The van der Waals surface area contributed by atoms with Crippen molar-refractivity contribution in [2.75, 3.05) is 17.2 Å². The van der Waals surface area contributed by atoms with Crippen molar-refractivity contribution in [3.05, 3.63) is 70.2 Å². The summed E-state index contributed by atoms with van der Waals surface area (Å²) in [4.78, 5) is 47.8. The predicted molar refractivity (Wildman–Crippen MR) is 111 cm³/mol. The first kappa shape index (κ1) is 21.9. The summed E-state index contributed by atoms with van der Waals surface area (Å²) in [6, 6.07) is 8.24. The molecule has 0 fully saturated rings. The number of ketones is 1. The summed E-state index contributed by atoms with van der Waals surface area (Å²) in [5, 5.41) is 5.41. The highest BCUT2D eigenvalue weighted by Crippen LogP contribution is 2.28. The average molecular weight is 444 g/mol. The number of rotatable bonds is 7. The number of amides is 2. The summed E-state index contributed by atoms with van der Waals surface area (Å²) >= 11 is 0.978.